The summed E-state index contributed by atoms with van der Waals surface area (Å²) in [6.07, 6.45) is 5.83. The first-order valence-electron chi connectivity index (χ1n) is 16.0. The monoisotopic (exact) mass is 636 g/mol. The second-order valence-corrected chi connectivity index (χ2v) is 12.1. The van der Waals surface area contributed by atoms with E-state index in [1.807, 2.05) is 18.2 Å². The van der Waals surface area contributed by atoms with Gasteiger partial charge in [0.05, 0.1) is 25.3 Å². The number of likely N-dealkylation sites (tertiary alicyclic amines) is 1. The van der Waals surface area contributed by atoms with Gasteiger partial charge in [0.15, 0.2) is 12.3 Å². The molecule has 2 saturated carbocycles. The topological polar surface area (TPSA) is 167 Å². The van der Waals surface area contributed by atoms with Crippen molar-refractivity contribution in [1.82, 2.24) is 40.6 Å². The van der Waals surface area contributed by atoms with Gasteiger partial charge in [-0.3, -0.25) is 19.2 Å². The minimum atomic E-state index is -0.579. The van der Waals surface area contributed by atoms with E-state index in [9.17, 15) is 24.0 Å². The molecule has 2 saturated heterocycles. The van der Waals surface area contributed by atoms with Crippen LogP contribution in [0.2, 0.25) is 0 Å². The van der Waals surface area contributed by atoms with Gasteiger partial charge in [0.1, 0.15) is 6.04 Å². The fourth-order valence-electron chi connectivity index (χ4n) is 5.66. The molecule has 4 aliphatic rings. The third-order valence-electron chi connectivity index (χ3n) is 8.68. The molecule has 0 radical (unpaired) electrons. The second-order valence-electron chi connectivity index (χ2n) is 12.1. The van der Waals surface area contributed by atoms with Gasteiger partial charge in [-0.1, -0.05) is 18.2 Å². The van der Waals surface area contributed by atoms with E-state index < -0.39 is 18.0 Å². The summed E-state index contributed by atoms with van der Waals surface area (Å²) in [6, 6.07) is 10.3. The number of nitrogens with one attached hydrogen (secondary N) is 3. The van der Waals surface area contributed by atoms with Crippen molar-refractivity contribution in [3.05, 3.63) is 42.1 Å². The Bertz CT molecular complexity index is 1430. The molecule has 5 amide bonds. The van der Waals surface area contributed by atoms with Crippen LogP contribution in [0.5, 0.6) is 5.88 Å². The maximum Gasteiger partial charge on any atom is 0.426 e. The number of hydroxylamine groups is 2. The molecule has 2 aromatic rings. The Morgan fingerprint density at radius 2 is 1.57 bits per heavy atom. The molecule has 3 N–H and O–H groups in total. The number of ether oxygens (including phenoxy) is 1. The Morgan fingerprint density at radius 3 is 2.26 bits per heavy atom. The molecule has 1 aromatic heterocycles. The number of carbonyl (C=O) groups excluding carboxylic acids is 5. The molecule has 0 unspecified atom stereocenters. The van der Waals surface area contributed by atoms with Crippen molar-refractivity contribution in [1.29, 1.82) is 0 Å². The van der Waals surface area contributed by atoms with E-state index in [1.165, 1.54) is 15.8 Å². The van der Waals surface area contributed by atoms with Crippen LogP contribution in [0.15, 0.2) is 36.4 Å². The van der Waals surface area contributed by atoms with Crippen molar-refractivity contribution < 1.29 is 33.5 Å². The molecule has 0 spiro atoms. The van der Waals surface area contributed by atoms with Crippen LogP contribution in [0, 0.1) is 0 Å². The first kappa shape index (κ1) is 31.3. The lowest BCUT2D eigenvalue weighted by atomic mass is 9.93. The summed E-state index contributed by atoms with van der Waals surface area (Å²) in [6.45, 7) is 1.32. The van der Waals surface area contributed by atoms with Crippen molar-refractivity contribution in [3.8, 4) is 11.6 Å². The predicted molar refractivity (Wildman–Crippen MR) is 163 cm³/mol. The summed E-state index contributed by atoms with van der Waals surface area (Å²) in [5.74, 6) is -1.12. The van der Waals surface area contributed by atoms with Gasteiger partial charge in [-0.05, 0) is 57.1 Å². The minimum Gasteiger partial charge on any atom is -0.467 e. The van der Waals surface area contributed by atoms with E-state index in [4.69, 9.17) is 9.57 Å². The Labute approximate surface area is 266 Å². The quantitative estimate of drug-likeness (QED) is 0.320. The van der Waals surface area contributed by atoms with E-state index in [2.05, 4.69) is 21.0 Å². The zero-order valence-corrected chi connectivity index (χ0v) is 25.7. The van der Waals surface area contributed by atoms with Crippen LogP contribution in [0.3, 0.4) is 0 Å². The third-order valence-corrected chi connectivity index (χ3v) is 8.68. The molecule has 2 aliphatic carbocycles. The van der Waals surface area contributed by atoms with Crippen molar-refractivity contribution in [2.75, 3.05) is 45.9 Å². The lowest BCUT2D eigenvalue weighted by molar-refractivity contribution is -0.146. The summed E-state index contributed by atoms with van der Waals surface area (Å²) >= 11 is 0. The van der Waals surface area contributed by atoms with Crippen molar-refractivity contribution in [2.24, 2.45) is 0 Å². The summed E-state index contributed by atoms with van der Waals surface area (Å²) in [4.78, 5) is 72.2. The Kier molecular flexibility index (Phi) is 9.66. The van der Waals surface area contributed by atoms with Gasteiger partial charge in [-0.25, -0.2) is 9.48 Å². The minimum absolute atomic E-state index is 0.0120. The Balaban J connectivity index is 1.02. The molecule has 15 nitrogen and oxygen atoms in total. The highest BCUT2D eigenvalue weighted by atomic mass is 16.7. The van der Waals surface area contributed by atoms with Crippen LogP contribution >= 0.6 is 0 Å². The summed E-state index contributed by atoms with van der Waals surface area (Å²) in [5, 5.41) is 14.4. The van der Waals surface area contributed by atoms with E-state index in [-0.39, 0.29) is 54.5 Å². The molecular weight excluding hydrogens is 596 g/mol. The molecule has 2 aliphatic heterocycles. The SMILES string of the molecule is O=C(NC1CC1)ON1CCN(C(=O)CNC(=O)c2cc(OCC(=O)N3CCC[C@H]3C(=O)NC3CCC3)n(-c3ccccc3)n2)CC1. The molecule has 46 heavy (non-hydrogen) atoms. The van der Waals surface area contributed by atoms with Gasteiger partial charge in [0.25, 0.3) is 11.8 Å². The lowest BCUT2D eigenvalue weighted by Crippen LogP contribution is -2.52. The highest BCUT2D eigenvalue weighted by Gasteiger charge is 2.36. The molecule has 3 heterocycles. The van der Waals surface area contributed by atoms with Gasteiger partial charge in [0.2, 0.25) is 17.7 Å². The van der Waals surface area contributed by atoms with Crippen LogP contribution in [0.4, 0.5) is 4.79 Å². The number of hydrogen-bond donors (Lipinski definition) is 3. The summed E-state index contributed by atoms with van der Waals surface area (Å²) in [7, 11) is 0. The molecule has 1 aromatic carbocycles. The largest absolute Gasteiger partial charge is 0.467 e. The highest BCUT2D eigenvalue weighted by molar-refractivity contribution is 5.95. The van der Waals surface area contributed by atoms with Gasteiger partial charge < -0.3 is 35.3 Å². The number of carbonyl (C=O) groups is 5. The first-order chi connectivity index (χ1) is 22.3. The van der Waals surface area contributed by atoms with Gasteiger partial charge >= 0.3 is 6.09 Å². The average molecular weight is 637 g/mol. The van der Waals surface area contributed by atoms with Crippen LogP contribution in [-0.2, 0) is 19.2 Å². The van der Waals surface area contributed by atoms with Crippen LogP contribution in [0.25, 0.3) is 5.69 Å². The number of benzene rings is 1. The fourth-order valence-corrected chi connectivity index (χ4v) is 5.66. The van der Waals surface area contributed by atoms with Crippen molar-refractivity contribution in [2.45, 2.75) is 63.1 Å². The Hall–Kier alpha value is -4.66. The number of aromatic nitrogens is 2. The van der Waals surface area contributed by atoms with Crippen LogP contribution < -0.4 is 20.7 Å². The first-order valence-corrected chi connectivity index (χ1v) is 16.0. The number of piperazine rings is 1. The lowest BCUT2D eigenvalue weighted by Gasteiger charge is -2.33. The van der Waals surface area contributed by atoms with Crippen LogP contribution in [0.1, 0.15) is 55.4 Å². The fraction of sp³-hybridized carbons (Fsp3) is 0.548. The molecule has 6 rings (SSSR count). The summed E-state index contributed by atoms with van der Waals surface area (Å²) in [5.41, 5.74) is 0.628. The maximum atomic E-state index is 13.2. The molecule has 0 bridgehead atoms. The van der Waals surface area contributed by atoms with Crippen LogP contribution in [-0.4, -0.2) is 118 Å². The summed E-state index contributed by atoms with van der Waals surface area (Å²) < 4.78 is 7.32. The zero-order chi connectivity index (χ0) is 32.0. The average Bonchev–Trinajstić information content (AvgIpc) is 3.53. The Morgan fingerprint density at radius 1 is 0.826 bits per heavy atom. The predicted octanol–water partition coefficient (Wildman–Crippen LogP) is 0.588. The number of nitrogens with zero attached hydrogens (tertiary/aromatic N) is 5. The maximum absolute atomic E-state index is 13.2. The van der Waals surface area contributed by atoms with Crippen molar-refractivity contribution >= 4 is 29.7 Å². The highest BCUT2D eigenvalue weighted by Crippen LogP contribution is 2.24. The van der Waals surface area contributed by atoms with Crippen molar-refractivity contribution in [3.63, 3.8) is 0 Å². The zero-order valence-electron chi connectivity index (χ0n) is 25.7. The van der Waals surface area contributed by atoms with E-state index in [1.54, 1.807) is 21.9 Å². The smallest absolute Gasteiger partial charge is 0.426 e. The second kappa shape index (κ2) is 14.2. The van der Waals surface area contributed by atoms with E-state index >= 15 is 0 Å². The van der Waals surface area contributed by atoms with Gasteiger partial charge in [0, 0.05) is 37.8 Å². The third kappa shape index (κ3) is 7.76. The number of para-hydroxylation sites is 1. The van der Waals surface area contributed by atoms with Gasteiger partial charge in [-0.2, -0.15) is 5.10 Å². The molecule has 246 valence electrons. The van der Waals surface area contributed by atoms with Gasteiger partial charge in [-0.15, -0.1) is 5.06 Å². The molecule has 4 fully saturated rings. The number of rotatable bonds is 11. The normalized spacial score (nSPS) is 20.0. The standard InChI is InChI=1S/C31H40N8O7/c40-26(36-14-16-37(17-15-36)46-31(44)34-22-11-12-22)19-32-29(42)24-18-28(39(35-24)23-8-2-1-3-9-23)45-20-27(41)38-13-5-10-25(38)30(43)33-21-6-4-7-21/h1-3,8-9,18,21-22,25H,4-7,10-17,19-20H2,(H,32,42)(H,33,43)(H,34,44)/t25-/m0/s1. The number of amides is 5. The molecule has 1 atom stereocenters. The van der Waals surface area contributed by atoms with E-state index in [0.717, 1.165) is 38.5 Å². The molecular formula is C31H40N8O7. The molecule has 15 heteroatoms. The van der Waals surface area contributed by atoms with E-state index in [0.29, 0.717) is 44.8 Å². The number of hydrogen-bond acceptors (Lipinski definition) is 9.